The van der Waals surface area contributed by atoms with E-state index in [9.17, 15) is 5.11 Å². The summed E-state index contributed by atoms with van der Waals surface area (Å²) in [5, 5.41) is 10.6. The molecule has 0 aliphatic carbocycles. The van der Waals surface area contributed by atoms with Gasteiger partial charge in [-0.05, 0) is 48.9 Å². The molecular weight excluding hydrogens is 280 g/mol. The highest BCUT2D eigenvalue weighted by atomic mass is 32.2. The van der Waals surface area contributed by atoms with E-state index in [4.69, 9.17) is 4.42 Å². The highest BCUT2D eigenvalue weighted by molar-refractivity contribution is 7.99. The van der Waals surface area contributed by atoms with Crippen molar-refractivity contribution in [2.75, 3.05) is 0 Å². The normalized spacial score (nSPS) is 13.8. The summed E-state index contributed by atoms with van der Waals surface area (Å²) in [6, 6.07) is 21.7. The molecular formula is C18H16O2S. The Morgan fingerprint density at radius 2 is 1.52 bits per heavy atom. The molecule has 1 heterocycles. The number of hydrogen-bond donors (Lipinski definition) is 1. The van der Waals surface area contributed by atoms with Crippen LogP contribution in [-0.4, -0.2) is 5.11 Å². The Labute approximate surface area is 128 Å². The second-order valence-corrected chi connectivity index (χ2v) is 6.14. The average Bonchev–Trinajstić information content (AvgIpc) is 3.04. The van der Waals surface area contributed by atoms with Crippen molar-refractivity contribution in [3.63, 3.8) is 0 Å². The van der Waals surface area contributed by atoms with Gasteiger partial charge in [0, 0.05) is 9.79 Å². The molecule has 1 N–H and O–H groups in total. The molecule has 3 aromatic rings. The molecule has 0 spiro atoms. The van der Waals surface area contributed by atoms with Crippen LogP contribution in [0.5, 0.6) is 0 Å². The van der Waals surface area contributed by atoms with Crippen molar-refractivity contribution in [1.29, 1.82) is 0 Å². The zero-order chi connectivity index (χ0) is 14.7. The molecule has 3 rings (SSSR count). The van der Waals surface area contributed by atoms with Crippen LogP contribution in [-0.2, 0) is 5.60 Å². The third kappa shape index (κ3) is 3.04. The van der Waals surface area contributed by atoms with E-state index in [0.717, 1.165) is 10.5 Å². The quantitative estimate of drug-likeness (QED) is 0.758. The molecule has 0 bridgehead atoms. The lowest BCUT2D eigenvalue weighted by molar-refractivity contribution is 0.0767. The first-order valence-corrected chi connectivity index (χ1v) is 7.58. The molecule has 0 aliphatic heterocycles. The summed E-state index contributed by atoms with van der Waals surface area (Å²) in [5.41, 5.74) is -0.297. The molecule has 2 aromatic carbocycles. The van der Waals surface area contributed by atoms with Gasteiger partial charge in [0.25, 0.3) is 0 Å². The van der Waals surface area contributed by atoms with Gasteiger partial charge in [0.15, 0.2) is 0 Å². The number of furan rings is 1. The SMILES string of the molecule is CC(O)(c1ccc(Sc2ccccc2)cc1)c1ccco1. The summed E-state index contributed by atoms with van der Waals surface area (Å²) in [4.78, 5) is 2.34. The fraction of sp³-hybridized carbons (Fsp3) is 0.111. The van der Waals surface area contributed by atoms with Crippen LogP contribution in [0.4, 0.5) is 0 Å². The molecule has 3 heteroatoms. The molecule has 0 saturated heterocycles. The predicted molar refractivity (Wildman–Crippen MR) is 84.4 cm³/mol. The summed E-state index contributed by atoms with van der Waals surface area (Å²) < 4.78 is 5.32. The van der Waals surface area contributed by atoms with E-state index in [1.54, 1.807) is 37.1 Å². The van der Waals surface area contributed by atoms with Crippen LogP contribution < -0.4 is 0 Å². The zero-order valence-corrected chi connectivity index (χ0v) is 12.5. The van der Waals surface area contributed by atoms with Gasteiger partial charge in [-0.3, -0.25) is 0 Å². The molecule has 21 heavy (non-hydrogen) atoms. The number of rotatable bonds is 4. The van der Waals surface area contributed by atoms with Gasteiger partial charge >= 0.3 is 0 Å². The van der Waals surface area contributed by atoms with Gasteiger partial charge in [0.05, 0.1) is 6.26 Å². The van der Waals surface area contributed by atoms with Gasteiger partial charge < -0.3 is 9.52 Å². The molecule has 106 valence electrons. The number of benzene rings is 2. The first-order valence-electron chi connectivity index (χ1n) is 6.76. The Morgan fingerprint density at radius 3 is 2.14 bits per heavy atom. The predicted octanol–water partition coefficient (Wildman–Crippen LogP) is 4.69. The molecule has 1 atom stereocenters. The molecule has 1 aromatic heterocycles. The maximum absolute atomic E-state index is 10.6. The summed E-state index contributed by atoms with van der Waals surface area (Å²) in [5.74, 6) is 0.547. The third-order valence-electron chi connectivity index (χ3n) is 3.40. The van der Waals surface area contributed by atoms with E-state index in [0.29, 0.717) is 5.76 Å². The van der Waals surface area contributed by atoms with Crippen molar-refractivity contribution < 1.29 is 9.52 Å². The van der Waals surface area contributed by atoms with Crippen LogP contribution >= 0.6 is 11.8 Å². The van der Waals surface area contributed by atoms with Crippen LogP contribution in [0.2, 0.25) is 0 Å². The lowest BCUT2D eigenvalue weighted by atomic mass is 9.93. The van der Waals surface area contributed by atoms with Crippen LogP contribution in [0, 0.1) is 0 Å². The molecule has 0 aliphatic rings. The summed E-state index contributed by atoms with van der Waals surface area (Å²) in [6.45, 7) is 1.74. The molecule has 0 amide bonds. The van der Waals surface area contributed by atoms with Gasteiger partial charge in [0.1, 0.15) is 11.4 Å². The van der Waals surface area contributed by atoms with Crippen molar-refractivity contribution in [3.05, 3.63) is 84.3 Å². The van der Waals surface area contributed by atoms with Crippen LogP contribution in [0.1, 0.15) is 18.2 Å². The minimum absolute atomic E-state index is 0.547. The molecule has 0 radical (unpaired) electrons. The van der Waals surface area contributed by atoms with Gasteiger partial charge in [-0.15, -0.1) is 0 Å². The van der Waals surface area contributed by atoms with E-state index in [1.807, 2.05) is 42.5 Å². The molecule has 1 unspecified atom stereocenters. The van der Waals surface area contributed by atoms with Crippen LogP contribution in [0.3, 0.4) is 0 Å². The highest BCUT2D eigenvalue weighted by Gasteiger charge is 2.28. The van der Waals surface area contributed by atoms with Crippen molar-refractivity contribution >= 4 is 11.8 Å². The van der Waals surface area contributed by atoms with Crippen LogP contribution in [0.25, 0.3) is 0 Å². The Kier molecular flexibility index (Phi) is 3.86. The standard InChI is InChI=1S/C18H16O2S/c1-18(19,17-8-5-13-20-17)14-9-11-16(12-10-14)21-15-6-3-2-4-7-15/h2-13,19H,1H3. The number of hydrogen-bond acceptors (Lipinski definition) is 3. The lowest BCUT2D eigenvalue weighted by Crippen LogP contribution is -2.21. The fourth-order valence-corrected chi connectivity index (χ4v) is 3.01. The van der Waals surface area contributed by atoms with Gasteiger partial charge in [-0.1, -0.05) is 42.1 Å². The Hall–Kier alpha value is -1.97. The fourth-order valence-electron chi connectivity index (χ4n) is 2.17. The maximum atomic E-state index is 10.6. The van der Waals surface area contributed by atoms with E-state index in [1.165, 1.54) is 4.90 Å². The van der Waals surface area contributed by atoms with Crippen molar-refractivity contribution in [1.82, 2.24) is 0 Å². The van der Waals surface area contributed by atoms with E-state index >= 15 is 0 Å². The van der Waals surface area contributed by atoms with E-state index in [-0.39, 0.29) is 0 Å². The Bertz CT molecular complexity index is 686. The molecule has 2 nitrogen and oxygen atoms in total. The average molecular weight is 296 g/mol. The van der Waals surface area contributed by atoms with Gasteiger partial charge in [0.2, 0.25) is 0 Å². The van der Waals surface area contributed by atoms with Crippen molar-refractivity contribution in [3.8, 4) is 0 Å². The Balaban J connectivity index is 1.81. The third-order valence-corrected chi connectivity index (χ3v) is 4.41. The highest BCUT2D eigenvalue weighted by Crippen LogP contribution is 2.32. The summed E-state index contributed by atoms with van der Waals surface area (Å²) in [7, 11) is 0. The minimum Gasteiger partial charge on any atom is -0.466 e. The second-order valence-electron chi connectivity index (χ2n) is 4.99. The smallest absolute Gasteiger partial charge is 0.144 e. The Morgan fingerprint density at radius 1 is 0.857 bits per heavy atom. The first-order chi connectivity index (χ1) is 10.2. The lowest BCUT2D eigenvalue weighted by Gasteiger charge is -2.21. The molecule has 0 saturated carbocycles. The monoisotopic (exact) mass is 296 g/mol. The van der Waals surface area contributed by atoms with Crippen molar-refractivity contribution in [2.24, 2.45) is 0 Å². The topological polar surface area (TPSA) is 33.4 Å². The van der Waals surface area contributed by atoms with Gasteiger partial charge in [-0.2, -0.15) is 0 Å². The second kappa shape index (κ2) is 5.80. The number of aliphatic hydroxyl groups is 1. The van der Waals surface area contributed by atoms with Gasteiger partial charge in [-0.25, -0.2) is 0 Å². The molecule has 0 fully saturated rings. The maximum Gasteiger partial charge on any atom is 0.144 e. The van der Waals surface area contributed by atoms with Crippen molar-refractivity contribution in [2.45, 2.75) is 22.3 Å². The van der Waals surface area contributed by atoms with E-state index in [2.05, 4.69) is 12.1 Å². The van der Waals surface area contributed by atoms with E-state index < -0.39 is 5.60 Å². The minimum atomic E-state index is -1.11. The summed E-state index contributed by atoms with van der Waals surface area (Å²) in [6.07, 6.45) is 1.57. The zero-order valence-electron chi connectivity index (χ0n) is 11.7. The first kappa shape index (κ1) is 14.0. The largest absolute Gasteiger partial charge is 0.466 e. The van der Waals surface area contributed by atoms with Crippen LogP contribution in [0.15, 0.2) is 87.2 Å². The summed E-state index contributed by atoms with van der Waals surface area (Å²) >= 11 is 1.70.